The summed E-state index contributed by atoms with van der Waals surface area (Å²) >= 11 is 0. The fourth-order valence-corrected chi connectivity index (χ4v) is 3.39. The van der Waals surface area contributed by atoms with E-state index >= 15 is 0 Å². The average molecular weight is 343 g/mol. The minimum absolute atomic E-state index is 0.000659. The third-order valence-electron chi connectivity index (χ3n) is 4.88. The monoisotopic (exact) mass is 343 g/mol. The first-order chi connectivity index (χ1) is 11.6. The summed E-state index contributed by atoms with van der Waals surface area (Å²) in [5.41, 5.74) is -1.60. The highest BCUT2D eigenvalue weighted by Crippen LogP contribution is 2.44. The Labute approximate surface area is 145 Å². The number of aromatic nitrogens is 1. The molecule has 1 unspecified atom stereocenters. The lowest BCUT2D eigenvalue weighted by Crippen LogP contribution is -2.59. The second-order valence-electron chi connectivity index (χ2n) is 6.98. The summed E-state index contributed by atoms with van der Waals surface area (Å²) in [7, 11) is 5.18. The Balaban J connectivity index is 2.23. The maximum atomic E-state index is 12.7. The molecule has 1 aromatic carbocycles. The zero-order chi connectivity index (χ0) is 18.6. The molecule has 7 nitrogen and oxygen atoms in total. The standard InChI is InChI=1S/C18H21N3O4/c1-17(2,12-10-21(5)13-9-7-6-8-11(12)13)18(15(23)24)14(22)19-16(25-18)20(3)4/h6-10H,1-5H3,(H,23,24). The zero-order valence-electron chi connectivity index (χ0n) is 14.9. The van der Waals surface area contributed by atoms with E-state index in [9.17, 15) is 14.7 Å². The first-order valence-electron chi connectivity index (χ1n) is 7.90. The highest BCUT2D eigenvalue weighted by Gasteiger charge is 2.65. The van der Waals surface area contributed by atoms with E-state index in [1.54, 1.807) is 27.9 Å². The van der Waals surface area contributed by atoms with Gasteiger partial charge < -0.3 is 19.3 Å². The van der Waals surface area contributed by atoms with Crippen LogP contribution in [0.15, 0.2) is 35.5 Å². The lowest BCUT2D eigenvalue weighted by molar-refractivity contribution is -0.167. The number of aryl methyl sites for hydroxylation is 1. The van der Waals surface area contributed by atoms with Crippen LogP contribution < -0.4 is 0 Å². The average Bonchev–Trinajstić information content (AvgIpc) is 3.07. The van der Waals surface area contributed by atoms with E-state index in [4.69, 9.17) is 4.74 Å². The van der Waals surface area contributed by atoms with Crippen molar-refractivity contribution in [2.24, 2.45) is 12.0 Å². The van der Waals surface area contributed by atoms with Gasteiger partial charge in [0.25, 0.3) is 11.6 Å². The number of rotatable bonds is 3. The van der Waals surface area contributed by atoms with Crippen molar-refractivity contribution in [3.63, 3.8) is 0 Å². The summed E-state index contributed by atoms with van der Waals surface area (Å²) < 4.78 is 7.59. The number of amides is 1. The molecule has 1 amide bonds. The highest BCUT2D eigenvalue weighted by atomic mass is 16.6. The van der Waals surface area contributed by atoms with Crippen LogP contribution in [0.5, 0.6) is 0 Å². The molecule has 1 aliphatic heterocycles. The van der Waals surface area contributed by atoms with Crippen molar-refractivity contribution in [1.29, 1.82) is 0 Å². The van der Waals surface area contributed by atoms with Crippen LogP contribution in [0.2, 0.25) is 0 Å². The number of amidine groups is 1. The van der Waals surface area contributed by atoms with Gasteiger partial charge in [-0.25, -0.2) is 4.79 Å². The number of carbonyl (C=O) groups excluding carboxylic acids is 1. The number of ether oxygens (including phenoxy) is 1. The molecule has 0 saturated carbocycles. The molecule has 1 N–H and O–H groups in total. The summed E-state index contributed by atoms with van der Waals surface area (Å²) in [6, 6.07) is 7.65. The van der Waals surface area contributed by atoms with Crippen LogP contribution in [0.1, 0.15) is 19.4 Å². The summed E-state index contributed by atoms with van der Waals surface area (Å²) in [6.45, 7) is 3.41. The summed E-state index contributed by atoms with van der Waals surface area (Å²) in [5, 5.41) is 10.8. The SMILES string of the molecule is CN(C)C1=NC(=O)C(C(=O)O)(C(C)(C)c2cn(C)c3ccccc23)O1. The Morgan fingerprint density at radius 2 is 1.96 bits per heavy atom. The van der Waals surface area contributed by atoms with Crippen LogP contribution in [0.25, 0.3) is 10.9 Å². The number of aliphatic imine (C=N–C) groups is 1. The first-order valence-corrected chi connectivity index (χ1v) is 7.90. The van der Waals surface area contributed by atoms with Gasteiger partial charge in [0.1, 0.15) is 0 Å². The molecule has 3 rings (SSSR count). The van der Waals surface area contributed by atoms with Gasteiger partial charge in [0.2, 0.25) is 0 Å². The van der Waals surface area contributed by atoms with Gasteiger partial charge in [-0.2, -0.15) is 4.99 Å². The molecule has 1 aliphatic rings. The summed E-state index contributed by atoms with van der Waals surface area (Å²) in [5.74, 6) is -2.15. The minimum atomic E-state index is -2.11. The maximum absolute atomic E-state index is 12.7. The number of hydrogen-bond donors (Lipinski definition) is 1. The van der Waals surface area contributed by atoms with E-state index < -0.39 is 22.9 Å². The topological polar surface area (TPSA) is 84.1 Å². The van der Waals surface area contributed by atoms with Crippen molar-refractivity contribution in [2.75, 3.05) is 14.1 Å². The molecule has 0 aliphatic carbocycles. The van der Waals surface area contributed by atoms with E-state index in [0.29, 0.717) is 0 Å². The van der Waals surface area contributed by atoms with Gasteiger partial charge in [-0.3, -0.25) is 4.79 Å². The van der Waals surface area contributed by atoms with Crippen LogP contribution >= 0.6 is 0 Å². The van der Waals surface area contributed by atoms with Crippen molar-refractivity contribution < 1.29 is 19.4 Å². The Morgan fingerprint density at radius 3 is 2.52 bits per heavy atom. The van der Waals surface area contributed by atoms with E-state index in [-0.39, 0.29) is 6.02 Å². The number of carboxylic acid groups (broad SMARTS) is 1. The number of carbonyl (C=O) groups is 2. The van der Waals surface area contributed by atoms with Gasteiger partial charge in [-0.1, -0.05) is 32.0 Å². The molecule has 132 valence electrons. The Bertz CT molecular complexity index is 910. The molecular formula is C18H21N3O4. The van der Waals surface area contributed by atoms with Gasteiger partial charge >= 0.3 is 11.9 Å². The normalized spacial score (nSPS) is 20.5. The number of fused-ring (bicyclic) bond motifs is 1. The molecule has 0 fully saturated rings. The molecule has 0 radical (unpaired) electrons. The second kappa shape index (κ2) is 5.34. The Kier molecular flexibility index (Phi) is 3.63. The zero-order valence-corrected chi connectivity index (χ0v) is 14.9. The molecule has 1 aromatic heterocycles. The molecule has 0 bridgehead atoms. The number of nitrogens with zero attached hydrogens (tertiary/aromatic N) is 3. The molecule has 0 spiro atoms. The molecular weight excluding hydrogens is 322 g/mol. The Morgan fingerprint density at radius 1 is 1.32 bits per heavy atom. The predicted molar refractivity (Wildman–Crippen MR) is 93.5 cm³/mol. The van der Waals surface area contributed by atoms with E-state index in [1.165, 1.54) is 4.90 Å². The van der Waals surface area contributed by atoms with Gasteiger partial charge in [0, 0.05) is 38.2 Å². The second-order valence-corrected chi connectivity index (χ2v) is 6.98. The van der Waals surface area contributed by atoms with Crippen LogP contribution in [0.3, 0.4) is 0 Å². The minimum Gasteiger partial charge on any atom is -0.478 e. The fraction of sp³-hybridized carbons (Fsp3) is 0.389. The summed E-state index contributed by atoms with van der Waals surface area (Å²) in [4.78, 5) is 30.2. The van der Waals surface area contributed by atoms with Gasteiger partial charge in [-0.05, 0) is 11.6 Å². The van der Waals surface area contributed by atoms with Crippen molar-refractivity contribution in [2.45, 2.75) is 24.9 Å². The number of aliphatic carboxylic acids is 1. The van der Waals surface area contributed by atoms with Gasteiger partial charge in [-0.15, -0.1) is 0 Å². The van der Waals surface area contributed by atoms with Crippen LogP contribution in [0.4, 0.5) is 0 Å². The highest BCUT2D eigenvalue weighted by molar-refractivity contribution is 6.15. The fourth-order valence-electron chi connectivity index (χ4n) is 3.39. The maximum Gasteiger partial charge on any atom is 0.359 e. The van der Waals surface area contributed by atoms with Crippen LogP contribution in [-0.2, 0) is 26.8 Å². The molecule has 7 heteroatoms. The van der Waals surface area contributed by atoms with E-state index in [0.717, 1.165) is 16.5 Å². The van der Waals surface area contributed by atoms with Crippen molar-refractivity contribution in [3.05, 3.63) is 36.0 Å². The smallest absolute Gasteiger partial charge is 0.359 e. The third kappa shape index (κ3) is 2.15. The van der Waals surface area contributed by atoms with Crippen molar-refractivity contribution in [3.8, 4) is 0 Å². The lowest BCUT2D eigenvalue weighted by atomic mass is 9.69. The molecule has 2 aromatic rings. The number of para-hydroxylation sites is 1. The van der Waals surface area contributed by atoms with Crippen molar-refractivity contribution >= 4 is 28.8 Å². The van der Waals surface area contributed by atoms with E-state index in [2.05, 4.69) is 4.99 Å². The van der Waals surface area contributed by atoms with Crippen LogP contribution in [0, 0.1) is 0 Å². The number of carboxylic acids is 1. The third-order valence-corrected chi connectivity index (χ3v) is 4.88. The van der Waals surface area contributed by atoms with E-state index in [1.807, 2.05) is 42.1 Å². The largest absolute Gasteiger partial charge is 0.478 e. The lowest BCUT2D eigenvalue weighted by Gasteiger charge is -2.37. The first kappa shape index (κ1) is 17.0. The van der Waals surface area contributed by atoms with Gasteiger partial charge in [0.05, 0.1) is 5.41 Å². The van der Waals surface area contributed by atoms with Gasteiger partial charge in [0.15, 0.2) is 0 Å². The molecule has 25 heavy (non-hydrogen) atoms. The number of benzene rings is 1. The van der Waals surface area contributed by atoms with Crippen LogP contribution in [-0.4, -0.2) is 52.2 Å². The molecule has 1 atom stereocenters. The predicted octanol–water partition coefficient (Wildman–Crippen LogP) is 1.75. The quantitative estimate of drug-likeness (QED) is 0.859. The number of hydrogen-bond acceptors (Lipinski definition) is 4. The summed E-state index contributed by atoms with van der Waals surface area (Å²) in [6.07, 6.45) is 1.85. The molecule has 2 heterocycles. The Hall–Kier alpha value is -2.83. The van der Waals surface area contributed by atoms with Crippen molar-refractivity contribution in [1.82, 2.24) is 9.47 Å². The molecule has 0 saturated heterocycles.